The normalized spacial score (nSPS) is 15.0. The van der Waals surface area contributed by atoms with Gasteiger partial charge in [0.1, 0.15) is 42.3 Å². The molecule has 1 aromatic rings. The van der Waals surface area contributed by atoms with Crippen molar-refractivity contribution in [1.82, 2.24) is 37.2 Å². The molecule has 59 heavy (non-hydrogen) atoms. The molecule has 0 aliphatic rings. The lowest BCUT2D eigenvalue weighted by molar-refractivity contribution is -0.137. The maximum atomic E-state index is 13.0. The topological polar surface area (TPSA) is 423 Å². The van der Waals surface area contributed by atoms with Crippen LogP contribution < -0.4 is 60.2 Å². The van der Waals surface area contributed by atoms with Crippen molar-refractivity contribution in [3.05, 3.63) is 35.9 Å². The third-order valence-corrected chi connectivity index (χ3v) is 8.44. The number of carbonyl (C=O) groups is 9. The highest BCUT2D eigenvalue weighted by Gasteiger charge is 2.34. The van der Waals surface area contributed by atoms with Gasteiger partial charge >= 0.3 is 0 Å². The van der Waals surface area contributed by atoms with E-state index < -0.39 is 128 Å². The molecule has 2 unspecified atom stereocenters. The van der Waals surface area contributed by atoms with E-state index in [4.69, 9.17) is 28.0 Å². The Bertz CT molecular complexity index is 1590. The summed E-state index contributed by atoms with van der Waals surface area (Å²) >= 11 is 0. The molecule has 0 radical (unpaired) electrons. The van der Waals surface area contributed by atoms with Crippen LogP contribution in [0.2, 0.25) is 0 Å². The number of aliphatic hydroxyl groups excluding tert-OH is 4. The van der Waals surface area contributed by atoms with E-state index >= 15 is 0 Å². The smallest absolute Gasteiger partial charge is 0.245 e. The summed E-state index contributed by atoms with van der Waals surface area (Å²) in [6.45, 7) is -0.999. The third kappa shape index (κ3) is 19.5. The molecular formula is C35H57N11O13. The van der Waals surface area contributed by atoms with Crippen molar-refractivity contribution >= 4 is 53.2 Å². The summed E-state index contributed by atoms with van der Waals surface area (Å²) in [5, 5.41) is 54.7. The molecule has 24 nitrogen and oxygen atoms in total. The van der Waals surface area contributed by atoms with Crippen molar-refractivity contribution in [3.63, 3.8) is 0 Å². The number of carbonyl (C=O) groups excluding carboxylic acids is 9. The maximum Gasteiger partial charge on any atom is 0.245 e. The van der Waals surface area contributed by atoms with Gasteiger partial charge < -0.3 is 80.6 Å². The van der Waals surface area contributed by atoms with Crippen LogP contribution in [0.3, 0.4) is 0 Å². The summed E-state index contributed by atoms with van der Waals surface area (Å²) in [6, 6.07) is -1.43. The first-order valence-corrected chi connectivity index (χ1v) is 18.5. The minimum absolute atomic E-state index is 0.170. The van der Waals surface area contributed by atoms with Gasteiger partial charge in [-0.3, -0.25) is 43.2 Å². The van der Waals surface area contributed by atoms with E-state index in [0.717, 1.165) is 12.5 Å². The Labute approximate surface area is 339 Å². The summed E-state index contributed by atoms with van der Waals surface area (Å²) in [5.41, 5.74) is 22.3. The number of nitrogens with two attached hydrogens (primary N) is 4. The number of aliphatic hydroxyl groups is 4. The van der Waals surface area contributed by atoms with Crippen LogP contribution in [0.1, 0.15) is 44.6 Å². The van der Waals surface area contributed by atoms with Crippen molar-refractivity contribution in [2.24, 2.45) is 22.9 Å². The van der Waals surface area contributed by atoms with Crippen molar-refractivity contribution in [3.8, 4) is 0 Å². The maximum absolute atomic E-state index is 13.0. The SMILES string of the molecule is C[C@@H](O)[C@H](NC(=O)[C@H](CC(N)=O)NC(=O)[C@@H](N)CO)C(=O)N[C@@H](CO)C(=O)N[C@H](CCC(=O)NCCCCNC(=O)C(Cc1ccccc1)NC(=O)C(N)CO)C(N)=O. The molecular weight excluding hydrogens is 782 g/mol. The van der Waals surface area contributed by atoms with Crippen molar-refractivity contribution in [2.45, 2.75) is 93.8 Å². The summed E-state index contributed by atoms with van der Waals surface area (Å²) in [5.74, 6) is -8.34. The van der Waals surface area contributed by atoms with E-state index in [9.17, 15) is 58.5 Å². The lowest BCUT2D eigenvalue weighted by atomic mass is 10.0. The number of unbranched alkanes of at least 4 members (excludes halogenated alkanes) is 1. The zero-order valence-electron chi connectivity index (χ0n) is 32.6. The standard InChI is InChI=1S/C35H57N11O13/c1-18(50)28(46-33(57)24(14-26(38)51)44-31(55)21(37)16-48)35(59)45-25(17-49)34(58)42-22(29(39)53)9-10-27(52)40-11-5-6-12-41-32(56)23(43-30(54)20(36)15-47)13-19-7-3-2-4-8-19/h2-4,7-8,18,20-25,28,47-50H,5-6,9-17,36-37H2,1H3,(H2,38,51)(H2,39,53)(H,40,52)(H,41,56)(H,42,58)(H,43,54)(H,44,55)(H,45,59)(H,46,57)/t18-,20?,21+,22-,23?,24+,25+,28+/m1/s1. The Morgan fingerprint density at radius 3 is 1.63 bits per heavy atom. The van der Waals surface area contributed by atoms with Gasteiger partial charge in [0.05, 0.1) is 32.3 Å². The van der Waals surface area contributed by atoms with Crippen LogP contribution in [0.5, 0.6) is 0 Å². The van der Waals surface area contributed by atoms with Gasteiger partial charge in [-0.05, 0) is 31.7 Å². The van der Waals surface area contributed by atoms with Crippen LogP contribution in [0.25, 0.3) is 0 Å². The average Bonchev–Trinajstić information content (AvgIpc) is 3.19. The summed E-state index contributed by atoms with van der Waals surface area (Å²) < 4.78 is 0. The fourth-order valence-corrected chi connectivity index (χ4v) is 5.04. The first-order chi connectivity index (χ1) is 27.8. The van der Waals surface area contributed by atoms with Crippen LogP contribution in [0.15, 0.2) is 30.3 Å². The van der Waals surface area contributed by atoms with Gasteiger partial charge in [-0.2, -0.15) is 0 Å². The molecule has 1 aromatic carbocycles. The monoisotopic (exact) mass is 839 g/mol. The Morgan fingerprint density at radius 1 is 0.610 bits per heavy atom. The molecule has 0 aromatic heterocycles. The number of benzene rings is 1. The van der Waals surface area contributed by atoms with Crippen LogP contribution in [0.4, 0.5) is 0 Å². The summed E-state index contributed by atoms with van der Waals surface area (Å²) in [6.07, 6.45) is -1.98. The fourth-order valence-electron chi connectivity index (χ4n) is 5.04. The summed E-state index contributed by atoms with van der Waals surface area (Å²) in [7, 11) is 0. The average molecular weight is 840 g/mol. The number of hydrogen-bond acceptors (Lipinski definition) is 15. The van der Waals surface area contributed by atoms with Gasteiger partial charge in [0.15, 0.2) is 0 Å². The Hall–Kier alpha value is -5.79. The van der Waals surface area contributed by atoms with E-state index in [0.29, 0.717) is 12.8 Å². The quantitative estimate of drug-likeness (QED) is 0.0349. The molecule has 0 aliphatic heterocycles. The lowest BCUT2D eigenvalue weighted by Crippen LogP contribution is -2.62. The van der Waals surface area contributed by atoms with E-state index in [1.807, 2.05) is 0 Å². The Kier molecular flexibility index (Phi) is 23.4. The first kappa shape index (κ1) is 51.2. The molecule has 24 heteroatoms. The predicted molar refractivity (Wildman–Crippen MR) is 206 cm³/mol. The molecule has 1 rings (SSSR count). The zero-order chi connectivity index (χ0) is 44.7. The molecule has 19 N–H and O–H groups in total. The minimum atomic E-state index is -1.82. The molecule has 0 aliphatic carbocycles. The lowest BCUT2D eigenvalue weighted by Gasteiger charge is -2.26. The highest BCUT2D eigenvalue weighted by atomic mass is 16.3. The van der Waals surface area contributed by atoms with Crippen LogP contribution >= 0.6 is 0 Å². The van der Waals surface area contributed by atoms with E-state index in [1.54, 1.807) is 30.3 Å². The second-order valence-electron chi connectivity index (χ2n) is 13.4. The number of nitrogens with one attached hydrogen (secondary N) is 7. The molecule has 0 saturated heterocycles. The molecule has 0 spiro atoms. The van der Waals surface area contributed by atoms with Gasteiger partial charge in [0.25, 0.3) is 0 Å². The predicted octanol–water partition coefficient (Wildman–Crippen LogP) is -8.18. The third-order valence-electron chi connectivity index (χ3n) is 8.44. The van der Waals surface area contributed by atoms with Crippen LogP contribution in [-0.4, -0.2) is 155 Å². The largest absolute Gasteiger partial charge is 0.394 e. The second-order valence-corrected chi connectivity index (χ2v) is 13.4. The highest BCUT2D eigenvalue weighted by molar-refractivity contribution is 5.97. The van der Waals surface area contributed by atoms with Crippen molar-refractivity contribution in [2.75, 3.05) is 32.9 Å². The van der Waals surface area contributed by atoms with Gasteiger partial charge in [-0.1, -0.05) is 30.3 Å². The van der Waals surface area contributed by atoms with Crippen LogP contribution in [0, 0.1) is 0 Å². The van der Waals surface area contributed by atoms with Crippen molar-refractivity contribution in [1.29, 1.82) is 0 Å². The fraction of sp³-hybridized carbons (Fsp3) is 0.571. The molecule has 9 amide bonds. The van der Waals surface area contributed by atoms with Gasteiger partial charge in [-0.15, -0.1) is 0 Å². The Morgan fingerprint density at radius 2 is 1.12 bits per heavy atom. The van der Waals surface area contributed by atoms with Gasteiger partial charge in [0.2, 0.25) is 53.2 Å². The highest BCUT2D eigenvalue weighted by Crippen LogP contribution is 2.05. The van der Waals surface area contributed by atoms with E-state index in [-0.39, 0.29) is 32.4 Å². The minimum Gasteiger partial charge on any atom is -0.394 e. The second kappa shape index (κ2) is 27.0. The number of hydrogen-bond donors (Lipinski definition) is 15. The molecule has 330 valence electrons. The first-order valence-electron chi connectivity index (χ1n) is 18.5. The molecule has 0 saturated carbocycles. The number of rotatable bonds is 28. The van der Waals surface area contributed by atoms with Crippen LogP contribution in [-0.2, 0) is 49.6 Å². The molecule has 0 fully saturated rings. The Balaban J connectivity index is 2.68. The number of primary amides is 2. The van der Waals surface area contributed by atoms with Crippen molar-refractivity contribution < 1.29 is 63.6 Å². The number of amides is 9. The summed E-state index contributed by atoms with van der Waals surface area (Å²) in [4.78, 5) is 112. The van der Waals surface area contributed by atoms with Gasteiger partial charge in [0, 0.05) is 25.9 Å². The zero-order valence-corrected chi connectivity index (χ0v) is 32.6. The molecule has 0 heterocycles. The van der Waals surface area contributed by atoms with E-state index in [1.165, 1.54) is 0 Å². The molecule has 8 atom stereocenters. The molecule has 0 bridgehead atoms. The van der Waals surface area contributed by atoms with E-state index in [2.05, 4.69) is 37.2 Å². The van der Waals surface area contributed by atoms with Gasteiger partial charge in [-0.25, -0.2) is 0 Å².